The summed E-state index contributed by atoms with van der Waals surface area (Å²) in [5.41, 5.74) is 12.1. The number of ether oxygens (including phenoxy) is 1. The molecule has 0 aromatic heterocycles. The van der Waals surface area contributed by atoms with Crippen LogP contribution in [0.1, 0.15) is 30.9 Å². The number of hydrogen-bond acceptors (Lipinski definition) is 7. The number of anilines is 1. The molecule has 4 rings (SSSR count). The normalized spacial score (nSPS) is 17.9. The molecule has 2 aromatic rings. The molecule has 2 aliphatic heterocycles. The third-order valence-electron chi connectivity index (χ3n) is 7.11. The second kappa shape index (κ2) is 10.4. The maximum absolute atomic E-state index is 13.5. The second-order valence-electron chi connectivity index (χ2n) is 10.2. The molecular formula is C26H35N5O5S. The van der Waals surface area contributed by atoms with Crippen molar-refractivity contribution in [3.63, 3.8) is 0 Å². The fraction of sp³-hybridized carbons (Fsp3) is 0.462. The van der Waals surface area contributed by atoms with Crippen molar-refractivity contribution >= 4 is 27.5 Å². The minimum Gasteiger partial charge on any atom is -0.374 e. The van der Waals surface area contributed by atoms with Gasteiger partial charge in [0.05, 0.1) is 25.2 Å². The molecule has 5 N–H and O–H groups in total. The molecule has 11 heteroatoms. The number of para-hydroxylation sites is 1. The Kier molecular flexibility index (Phi) is 7.61. The van der Waals surface area contributed by atoms with E-state index in [1.54, 1.807) is 4.90 Å². The summed E-state index contributed by atoms with van der Waals surface area (Å²) in [5.74, 6) is -0.942. The van der Waals surface area contributed by atoms with Crippen LogP contribution in [0.4, 0.5) is 5.69 Å². The van der Waals surface area contributed by atoms with E-state index in [1.807, 2.05) is 54.6 Å². The van der Waals surface area contributed by atoms with E-state index < -0.39 is 27.6 Å². The summed E-state index contributed by atoms with van der Waals surface area (Å²) < 4.78 is 32.2. The minimum atomic E-state index is -3.43. The molecule has 1 spiro atoms. The number of sulfonamides is 1. The van der Waals surface area contributed by atoms with E-state index >= 15 is 0 Å². The van der Waals surface area contributed by atoms with Gasteiger partial charge in [0, 0.05) is 25.0 Å². The summed E-state index contributed by atoms with van der Waals surface area (Å²) in [5, 5.41) is 2.65. The topological polar surface area (TPSA) is 148 Å². The highest BCUT2D eigenvalue weighted by atomic mass is 32.2. The zero-order chi connectivity index (χ0) is 26.8. The van der Waals surface area contributed by atoms with Crippen LogP contribution in [0.25, 0.3) is 0 Å². The molecular weight excluding hydrogens is 494 g/mol. The van der Waals surface area contributed by atoms with Gasteiger partial charge >= 0.3 is 0 Å². The van der Waals surface area contributed by atoms with Crippen LogP contribution in [0.5, 0.6) is 0 Å². The number of rotatable bonds is 8. The SMILES string of the molecule is CC(N)(N)C(=O)N[C@H](COCc1ccccc1)C(=O)N1CCC2(CC1)CN(S(C)(=O)=O)c1ccccc12. The van der Waals surface area contributed by atoms with Crippen molar-refractivity contribution in [3.8, 4) is 0 Å². The molecule has 0 aliphatic carbocycles. The largest absolute Gasteiger partial charge is 0.374 e. The van der Waals surface area contributed by atoms with E-state index in [0.717, 1.165) is 11.1 Å². The van der Waals surface area contributed by atoms with Gasteiger partial charge in [0.2, 0.25) is 15.9 Å². The van der Waals surface area contributed by atoms with Crippen molar-refractivity contribution in [3.05, 3.63) is 65.7 Å². The van der Waals surface area contributed by atoms with Crippen molar-refractivity contribution in [2.45, 2.75) is 43.5 Å². The number of hydrogen-bond donors (Lipinski definition) is 3. The van der Waals surface area contributed by atoms with Gasteiger partial charge in [-0.3, -0.25) is 13.9 Å². The van der Waals surface area contributed by atoms with E-state index in [1.165, 1.54) is 17.5 Å². The Morgan fingerprint density at radius 2 is 1.70 bits per heavy atom. The lowest BCUT2D eigenvalue weighted by Gasteiger charge is -2.41. The Hall–Kier alpha value is -2.99. The Morgan fingerprint density at radius 3 is 2.32 bits per heavy atom. The van der Waals surface area contributed by atoms with Gasteiger partial charge in [0.25, 0.3) is 5.91 Å². The van der Waals surface area contributed by atoms with E-state index in [0.29, 0.717) is 38.2 Å². The first-order valence-corrected chi connectivity index (χ1v) is 14.1. The highest BCUT2D eigenvalue weighted by Crippen LogP contribution is 2.47. The lowest BCUT2D eigenvalue weighted by Crippen LogP contribution is -2.63. The van der Waals surface area contributed by atoms with Gasteiger partial charge < -0.3 is 26.4 Å². The molecule has 0 bridgehead atoms. The zero-order valence-corrected chi connectivity index (χ0v) is 22.0. The standard InChI is InChI=1S/C26H35N5O5S/c1-25(27,28)24(33)29-21(17-36-16-19-8-4-3-5-9-19)23(32)30-14-12-26(13-15-30)18-31(37(2,34)35)22-11-7-6-10-20(22)26/h3-11,21H,12-18,27-28H2,1-2H3,(H,29,33)/t21-/m1/s1. The molecule has 37 heavy (non-hydrogen) atoms. The van der Waals surface area contributed by atoms with Gasteiger partial charge in [-0.25, -0.2) is 8.42 Å². The van der Waals surface area contributed by atoms with Crippen LogP contribution in [-0.2, 0) is 36.4 Å². The highest BCUT2D eigenvalue weighted by molar-refractivity contribution is 7.92. The van der Waals surface area contributed by atoms with Gasteiger partial charge in [-0.15, -0.1) is 0 Å². The maximum atomic E-state index is 13.5. The molecule has 10 nitrogen and oxygen atoms in total. The van der Waals surface area contributed by atoms with Gasteiger partial charge in [-0.05, 0) is 37.0 Å². The first-order chi connectivity index (χ1) is 17.4. The number of fused-ring (bicyclic) bond motifs is 2. The molecule has 2 aromatic carbocycles. The number of nitrogens with one attached hydrogen (secondary N) is 1. The Bertz CT molecular complexity index is 1240. The van der Waals surface area contributed by atoms with Crippen LogP contribution in [0.15, 0.2) is 54.6 Å². The fourth-order valence-corrected chi connectivity index (χ4v) is 6.04. The predicted octanol–water partition coefficient (Wildman–Crippen LogP) is 0.662. The smallest absolute Gasteiger partial charge is 0.255 e. The number of likely N-dealkylation sites (tertiary alicyclic amines) is 1. The summed E-state index contributed by atoms with van der Waals surface area (Å²) in [6.07, 6.45) is 2.41. The summed E-state index contributed by atoms with van der Waals surface area (Å²) in [4.78, 5) is 27.7. The number of nitrogens with two attached hydrogens (primary N) is 2. The van der Waals surface area contributed by atoms with E-state index in [4.69, 9.17) is 16.2 Å². The predicted molar refractivity (Wildman–Crippen MR) is 141 cm³/mol. The van der Waals surface area contributed by atoms with Crippen molar-refractivity contribution in [1.29, 1.82) is 0 Å². The molecule has 0 unspecified atom stereocenters. The molecule has 1 fully saturated rings. The molecule has 2 heterocycles. The molecule has 0 radical (unpaired) electrons. The van der Waals surface area contributed by atoms with Crippen molar-refractivity contribution in [1.82, 2.24) is 10.2 Å². The first-order valence-electron chi connectivity index (χ1n) is 12.3. The third-order valence-corrected chi connectivity index (χ3v) is 8.24. The molecule has 200 valence electrons. The fourth-order valence-electron chi connectivity index (χ4n) is 5.04. The number of benzene rings is 2. The summed E-state index contributed by atoms with van der Waals surface area (Å²) in [6, 6.07) is 16.1. The van der Waals surface area contributed by atoms with Crippen LogP contribution in [0.3, 0.4) is 0 Å². The van der Waals surface area contributed by atoms with Crippen LogP contribution in [0.2, 0.25) is 0 Å². The second-order valence-corrected chi connectivity index (χ2v) is 12.1. The summed E-state index contributed by atoms with van der Waals surface area (Å²) in [6.45, 7) is 2.79. The van der Waals surface area contributed by atoms with Crippen molar-refractivity contribution in [2.75, 3.05) is 36.8 Å². The van der Waals surface area contributed by atoms with Crippen LogP contribution in [0, 0.1) is 0 Å². The number of nitrogens with zero attached hydrogens (tertiary/aromatic N) is 2. The molecule has 0 saturated carbocycles. The lowest BCUT2D eigenvalue weighted by atomic mass is 9.74. The van der Waals surface area contributed by atoms with E-state index in [9.17, 15) is 18.0 Å². The molecule has 2 aliphatic rings. The molecule has 1 atom stereocenters. The Balaban J connectivity index is 1.46. The Labute approximate surface area is 218 Å². The number of piperidine rings is 1. The van der Waals surface area contributed by atoms with Gasteiger partial charge in [-0.2, -0.15) is 0 Å². The zero-order valence-electron chi connectivity index (χ0n) is 21.2. The summed E-state index contributed by atoms with van der Waals surface area (Å²) >= 11 is 0. The average molecular weight is 530 g/mol. The molecule has 2 amide bonds. The third kappa shape index (κ3) is 5.96. The number of carbonyl (C=O) groups is 2. The van der Waals surface area contributed by atoms with E-state index in [2.05, 4.69) is 5.32 Å². The van der Waals surface area contributed by atoms with Gasteiger partial charge in [0.1, 0.15) is 11.7 Å². The Morgan fingerprint density at radius 1 is 1.08 bits per heavy atom. The maximum Gasteiger partial charge on any atom is 0.255 e. The monoisotopic (exact) mass is 529 g/mol. The van der Waals surface area contributed by atoms with Crippen molar-refractivity contribution in [2.24, 2.45) is 11.5 Å². The van der Waals surface area contributed by atoms with Crippen LogP contribution < -0.4 is 21.1 Å². The first kappa shape index (κ1) is 27.1. The van der Waals surface area contributed by atoms with Crippen LogP contribution in [-0.4, -0.2) is 69.3 Å². The van der Waals surface area contributed by atoms with Crippen LogP contribution >= 0.6 is 0 Å². The number of carbonyl (C=O) groups excluding carboxylic acids is 2. The average Bonchev–Trinajstić information content (AvgIpc) is 3.18. The van der Waals surface area contributed by atoms with Crippen molar-refractivity contribution < 1.29 is 22.7 Å². The highest BCUT2D eigenvalue weighted by Gasteiger charge is 2.48. The quantitative estimate of drug-likeness (QED) is 0.426. The van der Waals surface area contributed by atoms with Gasteiger partial charge in [0.15, 0.2) is 0 Å². The van der Waals surface area contributed by atoms with Gasteiger partial charge in [-0.1, -0.05) is 48.5 Å². The molecule has 1 saturated heterocycles. The lowest BCUT2D eigenvalue weighted by molar-refractivity contribution is -0.140. The van der Waals surface area contributed by atoms with E-state index in [-0.39, 0.29) is 24.5 Å². The number of amides is 2. The minimum absolute atomic E-state index is 0.0398. The summed E-state index contributed by atoms with van der Waals surface area (Å²) in [7, 11) is -3.43.